The van der Waals surface area contributed by atoms with Gasteiger partial charge < -0.3 is 9.47 Å². The summed E-state index contributed by atoms with van der Waals surface area (Å²) in [4.78, 5) is 2.37. The van der Waals surface area contributed by atoms with Crippen molar-refractivity contribution in [3.63, 3.8) is 0 Å². The molecule has 2 heteroatoms. The molecule has 9 aromatic rings. The van der Waals surface area contributed by atoms with Gasteiger partial charge in [0.05, 0.1) is 16.7 Å². The van der Waals surface area contributed by atoms with Gasteiger partial charge >= 0.3 is 0 Å². The van der Waals surface area contributed by atoms with Gasteiger partial charge in [-0.2, -0.15) is 0 Å². The maximum absolute atomic E-state index is 2.44. The van der Waals surface area contributed by atoms with Crippen LogP contribution >= 0.6 is 0 Å². The van der Waals surface area contributed by atoms with Crippen LogP contribution in [0.3, 0.4) is 0 Å². The minimum absolute atomic E-state index is 0.0660. The van der Waals surface area contributed by atoms with E-state index in [-0.39, 0.29) is 5.41 Å². The summed E-state index contributed by atoms with van der Waals surface area (Å²) in [5, 5.41) is 5.06. The molecule has 0 saturated carbocycles. The molecule has 0 atom stereocenters. The van der Waals surface area contributed by atoms with Crippen LogP contribution in [-0.4, -0.2) is 4.57 Å². The Morgan fingerprint density at radius 3 is 1.94 bits per heavy atom. The lowest BCUT2D eigenvalue weighted by atomic mass is 9.82. The third kappa shape index (κ3) is 4.50. The first-order valence-corrected chi connectivity index (χ1v) is 17.8. The van der Waals surface area contributed by atoms with Crippen LogP contribution in [0.1, 0.15) is 25.0 Å². The standard InChI is InChI=1S/C49H36N2/c1-49(2)42-22-12-11-21-40(42)47-43(49)29-31-46-48(47)41-32-35(26-30-45(41)51(46)37-18-7-4-8-19-37)33-24-27-38(28-25-33)50(36-16-5-3-6-17-36)44-23-13-15-34-14-9-10-20-39(34)44/h3-32H,1-2H3. The van der Waals surface area contributed by atoms with Crippen molar-refractivity contribution in [2.24, 2.45) is 0 Å². The lowest BCUT2D eigenvalue weighted by molar-refractivity contribution is 0.661. The fourth-order valence-electron chi connectivity index (χ4n) is 8.55. The van der Waals surface area contributed by atoms with Crippen molar-refractivity contribution in [1.82, 2.24) is 4.57 Å². The predicted molar refractivity (Wildman–Crippen MR) is 216 cm³/mol. The van der Waals surface area contributed by atoms with Crippen molar-refractivity contribution in [2.45, 2.75) is 19.3 Å². The zero-order chi connectivity index (χ0) is 34.1. The van der Waals surface area contributed by atoms with Gasteiger partial charge in [-0.05, 0) is 99.4 Å². The summed E-state index contributed by atoms with van der Waals surface area (Å²) in [6, 6.07) is 66.4. The van der Waals surface area contributed by atoms with Gasteiger partial charge in [-0.25, -0.2) is 0 Å². The van der Waals surface area contributed by atoms with Gasteiger partial charge in [-0.1, -0.05) is 135 Å². The van der Waals surface area contributed by atoms with Gasteiger partial charge in [-0.15, -0.1) is 0 Å². The van der Waals surface area contributed by atoms with Crippen LogP contribution in [0.25, 0.3) is 60.5 Å². The molecule has 0 unspecified atom stereocenters. The van der Waals surface area contributed by atoms with Gasteiger partial charge in [0.2, 0.25) is 0 Å². The summed E-state index contributed by atoms with van der Waals surface area (Å²) in [5.41, 5.74) is 14.9. The van der Waals surface area contributed by atoms with Crippen LogP contribution in [-0.2, 0) is 5.41 Å². The SMILES string of the molecule is CC1(C)c2ccccc2-c2c1ccc1c2c2cc(-c3ccc(N(c4ccccc4)c4cccc5ccccc45)cc3)ccc2n1-c1ccccc1. The summed E-state index contributed by atoms with van der Waals surface area (Å²) in [6.45, 7) is 4.73. The highest BCUT2D eigenvalue weighted by molar-refractivity contribution is 6.18. The topological polar surface area (TPSA) is 8.17 Å². The fraction of sp³-hybridized carbons (Fsp3) is 0.0612. The second-order valence-corrected chi connectivity index (χ2v) is 14.2. The largest absolute Gasteiger partial charge is 0.310 e. The minimum atomic E-state index is -0.0660. The second-order valence-electron chi connectivity index (χ2n) is 14.2. The highest BCUT2D eigenvalue weighted by atomic mass is 15.1. The Kier molecular flexibility index (Phi) is 6.56. The molecular formula is C49H36N2. The molecule has 0 saturated heterocycles. The second kappa shape index (κ2) is 11.3. The Bertz CT molecular complexity index is 2750. The molecule has 0 radical (unpaired) electrons. The summed E-state index contributed by atoms with van der Waals surface area (Å²) in [7, 11) is 0. The Morgan fingerprint density at radius 1 is 0.471 bits per heavy atom. The van der Waals surface area contributed by atoms with Crippen LogP contribution in [0.15, 0.2) is 182 Å². The van der Waals surface area contributed by atoms with Crippen molar-refractivity contribution in [1.29, 1.82) is 0 Å². The number of hydrogen-bond donors (Lipinski definition) is 0. The van der Waals surface area contributed by atoms with Crippen LogP contribution < -0.4 is 4.90 Å². The van der Waals surface area contributed by atoms with Crippen LogP contribution in [0.4, 0.5) is 17.1 Å². The molecule has 0 spiro atoms. The van der Waals surface area contributed by atoms with Gasteiger partial charge in [0.1, 0.15) is 0 Å². The monoisotopic (exact) mass is 652 g/mol. The number of hydrogen-bond acceptors (Lipinski definition) is 1. The molecule has 242 valence electrons. The number of fused-ring (bicyclic) bond motifs is 8. The molecule has 10 rings (SSSR count). The van der Waals surface area contributed by atoms with E-state index < -0.39 is 0 Å². The lowest BCUT2D eigenvalue weighted by Gasteiger charge is -2.27. The van der Waals surface area contributed by atoms with E-state index in [2.05, 4.69) is 205 Å². The van der Waals surface area contributed by atoms with Crippen molar-refractivity contribution in [2.75, 3.05) is 4.90 Å². The van der Waals surface area contributed by atoms with E-state index in [0.29, 0.717) is 0 Å². The summed E-state index contributed by atoms with van der Waals surface area (Å²) in [5.74, 6) is 0. The van der Waals surface area contributed by atoms with Crippen molar-refractivity contribution in [3.05, 3.63) is 193 Å². The molecule has 1 aliphatic rings. The maximum atomic E-state index is 2.44. The number of benzene rings is 8. The molecule has 8 aromatic carbocycles. The Morgan fingerprint density at radius 2 is 1.12 bits per heavy atom. The average molecular weight is 653 g/mol. The third-order valence-electron chi connectivity index (χ3n) is 11.0. The van der Waals surface area contributed by atoms with Crippen LogP contribution in [0.2, 0.25) is 0 Å². The molecule has 1 heterocycles. The van der Waals surface area contributed by atoms with E-state index in [1.165, 1.54) is 77.3 Å². The van der Waals surface area contributed by atoms with Crippen molar-refractivity contribution >= 4 is 49.6 Å². The average Bonchev–Trinajstić information content (AvgIpc) is 3.64. The highest BCUT2D eigenvalue weighted by Gasteiger charge is 2.37. The maximum Gasteiger partial charge on any atom is 0.0547 e. The van der Waals surface area contributed by atoms with Crippen LogP contribution in [0.5, 0.6) is 0 Å². The van der Waals surface area contributed by atoms with Crippen molar-refractivity contribution in [3.8, 4) is 27.9 Å². The summed E-state index contributed by atoms with van der Waals surface area (Å²) < 4.78 is 2.44. The number of para-hydroxylation sites is 2. The fourth-order valence-corrected chi connectivity index (χ4v) is 8.55. The van der Waals surface area contributed by atoms with E-state index in [1.807, 2.05) is 0 Å². The molecule has 2 nitrogen and oxygen atoms in total. The van der Waals surface area contributed by atoms with E-state index >= 15 is 0 Å². The van der Waals surface area contributed by atoms with Crippen LogP contribution in [0, 0.1) is 0 Å². The van der Waals surface area contributed by atoms with E-state index in [1.54, 1.807) is 0 Å². The zero-order valence-electron chi connectivity index (χ0n) is 28.7. The van der Waals surface area contributed by atoms with Crippen molar-refractivity contribution < 1.29 is 0 Å². The van der Waals surface area contributed by atoms with Gasteiger partial charge in [0.15, 0.2) is 0 Å². The molecule has 0 N–H and O–H groups in total. The third-order valence-corrected chi connectivity index (χ3v) is 11.0. The smallest absolute Gasteiger partial charge is 0.0547 e. The molecule has 0 amide bonds. The molecule has 0 fully saturated rings. The Balaban J connectivity index is 1.16. The predicted octanol–water partition coefficient (Wildman–Crippen LogP) is 13.4. The number of aromatic nitrogens is 1. The molecule has 0 aliphatic heterocycles. The Hall–Kier alpha value is -6.38. The molecular weight excluding hydrogens is 617 g/mol. The molecule has 51 heavy (non-hydrogen) atoms. The van der Waals surface area contributed by atoms with E-state index in [9.17, 15) is 0 Å². The van der Waals surface area contributed by atoms with Gasteiger partial charge in [0.25, 0.3) is 0 Å². The number of nitrogens with zero attached hydrogens (tertiary/aromatic N) is 2. The summed E-state index contributed by atoms with van der Waals surface area (Å²) in [6.07, 6.45) is 0. The van der Waals surface area contributed by atoms with Gasteiger partial charge in [0, 0.05) is 38.6 Å². The lowest BCUT2D eigenvalue weighted by Crippen LogP contribution is -2.14. The Labute approximate surface area is 298 Å². The number of rotatable bonds is 5. The first-order chi connectivity index (χ1) is 25.1. The van der Waals surface area contributed by atoms with E-state index in [4.69, 9.17) is 0 Å². The molecule has 1 aliphatic carbocycles. The van der Waals surface area contributed by atoms with Gasteiger partial charge in [-0.3, -0.25) is 0 Å². The molecule has 0 bridgehead atoms. The minimum Gasteiger partial charge on any atom is -0.310 e. The van der Waals surface area contributed by atoms with E-state index in [0.717, 1.165) is 11.4 Å². The quantitative estimate of drug-likeness (QED) is 0.180. The summed E-state index contributed by atoms with van der Waals surface area (Å²) >= 11 is 0. The molecule has 1 aromatic heterocycles. The first kappa shape index (κ1) is 29.5. The first-order valence-electron chi connectivity index (χ1n) is 17.8. The highest BCUT2D eigenvalue weighted by Crippen LogP contribution is 2.53. The zero-order valence-corrected chi connectivity index (χ0v) is 28.7. The normalized spacial score (nSPS) is 13.1. The number of anilines is 3.